The summed E-state index contributed by atoms with van der Waals surface area (Å²) < 4.78 is 38.9. The van der Waals surface area contributed by atoms with E-state index < -0.39 is 47.9 Å². The van der Waals surface area contributed by atoms with Crippen LogP contribution >= 0.6 is 0 Å². The Kier molecular flexibility index (Phi) is 6.96. The Morgan fingerprint density at radius 1 is 1.19 bits per heavy atom. The molecule has 0 bridgehead atoms. The summed E-state index contributed by atoms with van der Waals surface area (Å²) in [4.78, 5) is 51.8. The number of likely N-dealkylation sites (tertiary alicyclic amines) is 1. The summed E-state index contributed by atoms with van der Waals surface area (Å²) in [5.74, 6) is -4.20. The van der Waals surface area contributed by atoms with Crippen LogP contribution in [0.25, 0.3) is 0 Å². The van der Waals surface area contributed by atoms with Gasteiger partial charge in [0.1, 0.15) is 18.1 Å². The largest absolute Gasteiger partial charge is 0.471 e. The third-order valence-electron chi connectivity index (χ3n) is 8.57. The predicted molar refractivity (Wildman–Crippen MR) is 119 cm³/mol. The van der Waals surface area contributed by atoms with Crippen LogP contribution in [0.2, 0.25) is 0 Å². The summed E-state index contributed by atoms with van der Waals surface area (Å²) >= 11 is 0. The molecule has 6 atom stereocenters. The SMILES string of the molecule is CC1(C)[C@@H]2[C@@H](C(=O)N[C@H](C#N)CC3CCNC3=O)N(C(=O)[C@H](CC3CCC3)NC(=O)C(F)(F)F)C[C@@H]21. The summed E-state index contributed by atoms with van der Waals surface area (Å²) in [6, 6.07) is -1.28. The fraction of sp³-hybridized carbons (Fsp3) is 0.792. The second-order valence-electron chi connectivity index (χ2n) is 11.1. The quantitative estimate of drug-likeness (QED) is 0.451. The fourth-order valence-corrected chi connectivity index (χ4v) is 6.09. The summed E-state index contributed by atoms with van der Waals surface area (Å²) in [5, 5.41) is 16.8. The van der Waals surface area contributed by atoms with E-state index in [9.17, 15) is 37.6 Å². The van der Waals surface area contributed by atoms with E-state index in [-0.39, 0.29) is 48.5 Å². The Labute approximate surface area is 207 Å². The Balaban J connectivity index is 1.50. The molecule has 0 aromatic heterocycles. The van der Waals surface area contributed by atoms with Crippen molar-refractivity contribution < 1.29 is 32.3 Å². The maximum Gasteiger partial charge on any atom is 0.471 e. The number of carbonyl (C=O) groups is 4. The van der Waals surface area contributed by atoms with Crippen LogP contribution in [0.4, 0.5) is 13.2 Å². The molecule has 4 amide bonds. The molecule has 2 heterocycles. The Morgan fingerprint density at radius 2 is 1.89 bits per heavy atom. The van der Waals surface area contributed by atoms with Crippen LogP contribution in [0.1, 0.15) is 52.4 Å². The molecule has 4 aliphatic rings. The number of halogens is 3. The number of nitriles is 1. The number of hydrogen-bond acceptors (Lipinski definition) is 5. The third-order valence-corrected chi connectivity index (χ3v) is 8.57. The second-order valence-corrected chi connectivity index (χ2v) is 11.1. The zero-order chi connectivity index (χ0) is 26.4. The van der Waals surface area contributed by atoms with E-state index in [0.29, 0.717) is 13.0 Å². The van der Waals surface area contributed by atoms with Crippen molar-refractivity contribution >= 4 is 23.6 Å². The highest BCUT2D eigenvalue weighted by atomic mass is 19.4. The van der Waals surface area contributed by atoms with Gasteiger partial charge in [0.2, 0.25) is 17.7 Å². The van der Waals surface area contributed by atoms with Crippen molar-refractivity contribution in [1.29, 1.82) is 5.26 Å². The lowest BCUT2D eigenvalue weighted by atomic mass is 9.80. The van der Waals surface area contributed by atoms with Gasteiger partial charge in [0.15, 0.2) is 0 Å². The van der Waals surface area contributed by atoms with Gasteiger partial charge >= 0.3 is 12.1 Å². The molecule has 4 rings (SSSR count). The van der Waals surface area contributed by atoms with E-state index in [4.69, 9.17) is 0 Å². The van der Waals surface area contributed by atoms with Crippen molar-refractivity contribution in [1.82, 2.24) is 20.9 Å². The van der Waals surface area contributed by atoms with Crippen molar-refractivity contribution in [2.75, 3.05) is 13.1 Å². The number of hydrogen-bond donors (Lipinski definition) is 3. The lowest BCUT2D eigenvalue weighted by Crippen LogP contribution is -2.58. The highest BCUT2D eigenvalue weighted by molar-refractivity contribution is 5.94. The molecule has 0 spiro atoms. The third kappa shape index (κ3) is 5.02. The number of alkyl halides is 3. The standard InChI is InChI=1S/C24H32F3N5O4/c1-23(2)15-11-32(21(35)16(8-12-4-3-5-12)31-22(36)24(25,26)27)18(17(15)23)20(34)30-14(10-28)9-13-6-7-29-19(13)33/h12-18H,3-9,11H2,1-2H3,(H,29,33)(H,30,34)(H,31,36)/t13?,14-,15-,16-,17-,18-/m0/s1. The first-order valence-corrected chi connectivity index (χ1v) is 12.5. The molecule has 3 N–H and O–H groups in total. The van der Waals surface area contributed by atoms with E-state index >= 15 is 0 Å². The molecule has 0 aromatic rings. The zero-order valence-electron chi connectivity index (χ0n) is 20.4. The highest BCUT2D eigenvalue weighted by Crippen LogP contribution is 2.65. The molecular formula is C24H32F3N5O4. The molecule has 9 nitrogen and oxygen atoms in total. The minimum Gasteiger partial charge on any atom is -0.356 e. The first-order valence-electron chi connectivity index (χ1n) is 12.5. The molecule has 2 aliphatic heterocycles. The predicted octanol–water partition coefficient (Wildman–Crippen LogP) is 1.24. The molecule has 198 valence electrons. The van der Waals surface area contributed by atoms with Crippen LogP contribution < -0.4 is 16.0 Å². The number of rotatable bonds is 8. The zero-order valence-corrected chi connectivity index (χ0v) is 20.4. The molecule has 4 fully saturated rings. The molecule has 2 saturated heterocycles. The van der Waals surface area contributed by atoms with Crippen LogP contribution in [-0.2, 0) is 19.2 Å². The summed E-state index contributed by atoms with van der Waals surface area (Å²) in [6.07, 6.45) is -1.89. The van der Waals surface area contributed by atoms with Crippen molar-refractivity contribution in [2.45, 2.75) is 76.7 Å². The average molecular weight is 512 g/mol. The van der Waals surface area contributed by atoms with Crippen molar-refractivity contribution in [3.63, 3.8) is 0 Å². The number of piperidine rings is 1. The Hall–Kier alpha value is -2.84. The molecule has 0 aromatic carbocycles. The number of amides is 4. The molecule has 2 saturated carbocycles. The molecule has 12 heteroatoms. The first kappa shape index (κ1) is 26.2. The van der Waals surface area contributed by atoms with Crippen molar-refractivity contribution in [3.8, 4) is 6.07 Å². The van der Waals surface area contributed by atoms with Gasteiger partial charge in [0.05, 0.1) is 6.07 Å². The van der Waals surface area contributed by atoms with E-state index in [2.05, 4.69) is 10.6 Å². The topological polar surface area (TPSA) is 131 Å². The minimum absolute atomic E-state index is 0.0129. The summed E-state index contributed by atoms with van der Waals surface area (Å²) in [6.45, 7) is 4.63. The van der Waals surface area contributed by atoms with Crippen LogP contribution in [0, 0.1) is 40.4 Å². The second kappa shape index (κ2) is 9.56. The van der Waals surface area contributed by atoms with E-state index in [1.54, 1.807) is 0 Å². The van der Waals surface area contributed by atoms with Gasteiger partial charge in [0.25, 0.3) is 0 Å². The van der Waals surface area contributed by atoms with Gasteiger partial charge in [-0.15, -0.1) is 0 Å². The van der Waals surface area contributed by atoms with Gasteiger partial charge < -0.3 is 20.9 Å². The number of carbonyl (C=O) groups excluding carboxylic acids is 4. The first-order chi connectivity index (χ1) is 16.8. The molecule has 0 radical (unpaired) electrons. The normalized spacial score (nSPS) is 30.3. The van der Waals surface area contributed by atoms with Crippen molar-refractivity contribution in [2.24, 2.45) is 29.1 Å². The van der Waals surface area contributed by atoms with Crippen LogP contribution in [0.15, 0.2) is 0 Å². The fourth-order valence-electron chi connectivity index (χ4n) is 6.09. The summed E-state index contributed by atoms with van der Waals surface area (Å²) in [7, 11) is 0. The lowest BCUT2D eigenvalue weighted by molar-refractivity contribution is -0.175. The van der Waals surface area contributed by atoms with E-state index in [1.165, 1.54) is 4.90 Å². The summed E-state index contributed by atoms with van der Waals surface area (Å²) in [5.41, 5.74) is -0.245. The molecule has 2 aliphatic carbocycles. The van der Waals surface area contributed by atoms with Gasteiger partial charge in [-0.1, -0.05) is 33.1 Å². The minimum atomic E-state index is -5.13. The molecular weight excluding hydrogens is 479 g/mol. The van der Waals surface area contributed by atoms with Gasteiger partial charge in [-0.05, 0) is 42.4 Å². The monoisotopic (exact) mass is 511 g/mol. The smallest absolute Gasteiger partial charge is 0.356 e. The number of nitrogens with one attached hydrogen (secondary N) is 3. The van der Waals surface area contributed by atoms with Gasteiger partial charge in [-0.2, -0.15) is 18.4 Å². The Morgan fingerprint density at radius 3 is 2.42 bits per heavy atom. The van der Waals surface area contributed by atoms with Crippen LogP contribution in [0.3, 0.4) is 0 Å². The van der Waals surface area contributed by atoms with Gasteiger partial charge in [-0.3, -0.25) is 19.2 Å². The highest BCUT2D eigenvalue weighted by Gasteiger charge is 2.69. The van der Waals surface area contributed by atoms with Crippen LogP contribution in [0.5, 0.6) is 0 Å². The number of fused-ring (bicyclic) bond motifs is 1. The van der Waals surface area contributed by atoms with Gasteiger partial charge in [-0.25, -0.2) is 0 Å². The molecule has 1 unspecified atom stereocenters. The number of nitrogens with zero attached hydrogens (tertiary/aromatic N) is 2. The maximum absolute atomic E-state index is 13.5. The molecule has 36 heavy (non-hydrogen) atoms. The lowest BCUT2D eigenvalue weighted by Gasteiger charge is -2.36. The van der Waals surface area contributed by atoms with E-state index in [1.807, 2.05) is 25.2 Å². The Bertz CT molecular complexity index is 974. The van der Waals surface area contributed by atoms with Crippen molar-refractivity contribution in [3.05, 3.63) is 0 Å². The average Bonchev–Trinajstić information content (AvgIpc) is 3.13. The maximum atomic E-state index is 13.5. The van der Waals surface area contributed by atoms with E-state index in [0.717, 1.165) is 19.3 Å². The van der Waals surface area contributed by atoms with Gasteiger partial charge in [0, 0.05) is 19.0 Å². The van der Waals surface area contributed by atoms with Crippen LogP contribution in [-0.4, -0.2) is 65.9 Å².